The zero-order chi connectivity index (χ0) is 17.4. The van der Waals surface area contributed by atoms with Gasteiger partial charge >= 0.3 is 0 Å². The Kier molecular flexibility index (Phi) is 7.78. The van der Waals surface area contributed by atoms with Crippen LogP contribution in [0.2, 0.25) is 0 Å². The summed E-state index contributed by atoms with van der Waals surface area (Å²) in [4.78, 5) is 16.5. The highest BCUT2D eigenvalue weighted by Gasteiger charge is 2.17. The molecule has 0 saturated carbocycles. The van der Waals surface area contributed by atoms with E-state index in [0.717, 1.165) is 18.7 Å². The fraction of sp³-hybridized carbons (Fsp3) is 0.500. The molecule has 0 bridgehead atoms. The Morgan fingerprint density at radius 2 is 1.61 bits per heavy atom. The van der Waals surface area contributed by atoms with E-state index in [4.69, 9.17) is 9.47 Å². The Morgan fingerprint density at radius 3 is 2.09 bits per heavy atom. The standard InChI is InChI=1S/C18H28N2O3/c1-19(2)12-15(13-20(3)4)16(21)9-7-14-8-10-17(22-5)18(11-14)23-6/h7-11,15H,12-13H2,1-6H3/b9-7-. The summed E-state index contributed by atoms with van der Waals surface area (Å²) >= 11 is 0. The first-order chi connectivity index (χ1) is 10.9. The van der Waals surface area contributed by atoms with E-state index in [9.17, 15) is 4.79 Å². The molecule has 0 aliphatic heterocycles. The van der Waals surface area contributed by atoms with E-state index in [2.05, 4.69) is 0 Å². The molecule has 1 aromatic rings. The van der Waals surface area contributed by atoms with Gasteiger partial charge in [-0.15, -0.1) is 0 Å². The molecule has 0 radical (unpaired) electrons. The number of nitrogens with zero attached hydrogens (tertiary/aromatic N) is 2. The van der Waals surface area contributed by atoms with Crippen molar-refractivity contribution in [1.82, 2.24) is 9.80 Å². The highest BCUT2D eigenvalue weighted by molar-refractivity contribution is 5.95. The lowest BCUT2D eigenvalue weighted by molar-refractivity contribution is -0.119. The van der Waals surface area contributed by atoms with Crippen molar-refractivity contribution in [2.75, 3.05) is 55.5 Å². The van der Waals surface area contributed by atoms with Gasteiger partial charge < -0.3 is 19.3 Å². The molecule has 0 saturated heterocycles. The molecule has 5 heteroatoms. The predicted molar refractivity (Wildman–Crippen MR) is 94.2 cm³/mol. The molecule has 0 fully saturated rings. The Hall–Kier alpha value is -1.85. The van der Waals surface area contributed by atoms with Crippen LogP contribution >= 0.6 is 0 Å². The zero-order valence-corrected chi connectivity index (χ0v) is 15.0. The second-order valence-corrected chi connectivity index (χ2v) is 6.07. The molecule has 23 heavy (non-hydrogen) atoms. The van der Waals surface area contributed by atoms with Gasteiger partial charge in [-0.1, -0.05) is 12.1 Å². The maximum Gasteiger partial charge on any atom is 0.161 e. The zero-order valence-electron chi connectivity index (χ0n) is 15.0. The first-order valence-electron chi connectivity index (χ1n) is 7.60. The largest absolute Gasteiger partial charge is 0.493 e. The minimum absolute atomic E-state index is 0.0450. The lowest BCUT2D eigenvalue weighted by atomic mass is 10.0. The summed E-state index contributed by atoms with van der Waals surface area (Å²) in [5.41, 5.74) is 0.907. The highest BCUT2D eigenvalue weighted by Crippen LogP contribution is 2.28. The molecule has 0 aromatic heterocycles. The van der Waals surface area contributed by atoms with Crippen LogP contribution in [-0.2, 0) is 4.79 Å². The van der Waals surface area contributed by atoms with E-state index in [1.54, 1.807) is 20.3 Å². The van der Waals surface area contributed by atoms with Gasteiger partial charge in [-0.25, -0.2) is 0 Å². The maximum atomic E-state index is 12.5. The third-order valence-electron chi connectivity index (χ3n) is 3.42. The minimum atomic E-state index is -0.0450. The predicted octanol–water partition coefficient (Wildman–Crippen LogP) is 2.03. The molecule has 5 nitrogen and oxygen atoms in total. The molecule has 0 atom stereocenters. The van der Waals surface area contributed by atoms with E-state index in [0.29, 0.717) is 11.5 Å². The Labute approximate surface area is 139 Å². The summed E-state index contributed by atoms with van der Waals surface area (Å²) in [5, 5.41) is 0. The molecule has 0 N–H and O–H groups in total. The van der Waals surface area contributed by atoms with Crippen molar-refractivity contribution in [1.29, 1.82) is 0 Å². The molecule has 0 amide bonds. The number of benzene rings is 1. The Bertz CT molecular complexity index is 529. The van der Waals surface area contributed by atoms with Crippen molar-refractivity contribution < 1.29 is 14.3 Å². The van der Waals surface area contributed by atoms with Crippen LogP contribution < -0.4 is 9.47 Å². The summed E-state index contributed by atoms with van der Waals surface area (Å²) in [7, 11) is 11.1. The van der Waals surface area contributed by atoms with E-state index < -0.39 is 0 Å². The number of hydrogen-bond donors (Lipinski definition) is 0. The molecule has 0 unspecified atom stereocenters. The van der Waals surface area contributed by atoms with Crippen LogP contribution in [0.15, 0.2) is 24.3 Å². The second-order valence-electron chi connectivity index (χ2n) is 6.07. The SMILES string of the molecule is COc1ccc(/C=C\C(=O)C(CN(C)C)CN(C)C)cc1OC. The molecule has 128 valence electrons. The number of carbonyl (C=O) groups is 1. The first kappa shape index (κ1) is 19.2. The van der Waals surface area contributed by atoms with Gasteiger partial charge in [0.25, 0.3) is 0 Å². The van der Waals surface area contributed by atoms with E-state index >= 15 is 0 Å². The first-order valence-corrected chi connectivity index (χ1v) is 7.60. The number of allylic oxidation sites excluding steroid dienone is 1. The number of methoxy groups -OCH3 is 2. The van der Waals surface area contributed by atoms with Crippen LogP contribution in [0.25, 0.3) is 6.08 Å². The molecule has 0 spiro atoms. The van der Waals surface area contributed by atoms with Gasteiger partial charge in [0.2, 0.25) is 0 Å². The smallest absolute Gasteiger partial charge is 0.161 e. The van der Waals surface area contributed by atoms with Gasteiger partial charge in [-0.3, -0.25) is 4.79 Å². The van der Waals surface area contributed by atoms with Crippen LogP contribution in [0.1, 0.15) is 5.56 Å². The van der Waals surface area contributed by atoms with Gasteiger partial charge in [0, 0.05) is 19.0 Å². The number of ether oxygens (including phenoxy) is 2. The van der Waals surface area contributed by atoms with Crippen molar-refractivity contribution in [3.8, 4) is 11.5 Å². The van der Waals surface area contributed by atoms with Crippen molar-refractivity contribution in [3.63, 3.8) is 0 Å². The molecule has 1 rings (SSSR count). The van der Waals surface area contributed by atoms with E-state index in [1.807, 2.05) is 62.3 Å². The van der Waals surface area contributed by atoms with Gasteiger partial charge in [-0.2, -0.15) is 0 Å². The normalized spacial score (nSPS) is 11.7. The number of ketones is 1. The van der Waals surface area contributed by atoms with Crippen molar-refractivity contribution in [2.45, 2.75) is 0 Å². The molecule has 0 aliphatic rings. The number of carbonyl (C=O) groups excluding carboxylic acids is 1. The van der Waals surface area contributed by atoms with E-state index in [-0.39, 0.29) is 11.7 Å². The summed E-state index contributed by atoms with van der Waals surface area (Å²) in [5.74, 6) is 1.41. The van der Waals surface area contributed by atoms with E-state index in [1.165, 1.54) is 0 Å². The average molecular weight is 320 g/mol. The van der Waals surface area contributed by atoms with Crippen molar-refractivity contribution in [2.24, 2.45) is 5.92 Å². The number of hydrogen-bond acceptors (Lipinski definition) is 5. The van der Waals surface area contributed by atoms with Crippen LogP contribution in [0.3, 0.4) is 0 Å². The highest BCUT2D eigenvalue weighted by atomic mass is 16.5. The van der Waals surface area contributed by atoms with Crippen molar-refractivity contribution >= 4 is 11.9 Å². The fourth-order valence-electron chi connectivity index (χ4n) is 2.39. The molecule has 0 aliphatic carbocycles. The molecular weight excluding hydrogens is 292 g/mol. The lowest BCUT2D eigenvalue weighted by Crippen LogP contribution is -2.34. The van der Waals surface area contributed by atoms with Gasteiger partial charge in [0.1, 0.15) is 0 Å². The quantitative estimate of drug-likeness (QED) is 0.651. The Balaban J connectivity index is 2.86. The topological polar surface area (TPSA) is 42.0 Å². The monoisotopic (exact) mass is 320 g/mol. The third kappa shape index (κ3) is 6.42. The molecule has 1 aromatic carbocycles. The maximum absolute atomic E-state index is 12.5. The Morgan fingerprint density at radius 1 is 1.04 bits per heavy atom. The third-order valence-corrected chi connectivity index (χ3v) is 3.42. The number of rotatable bonds is 9. The minimum Gasteiger partial charge on any atom is -0.493 e. The average Bonchev–Trinajstić information content (AvgIpc) is 2.50. The lowest BCUT2D eigenvalue weighted by Gasteiger charge is -2.22. The van der Waals surface area contributed by atoms with Crippen LogP contribution in [0.4, 0.5) is 0 Å². The van der Waals surface area contributed by atoms with Crippen LogP contribution in [0, 0.1) is 5.92 Å². The van der Waals surface area contributed by atoms with Gasteiger partial charge in [-0.05, 0) is 52.0 Å². The molecule has 0 heterocycles. The summed E-state index contributed by atoms with van der Waals surface area (Å²) in [6.45, 7) is 1.46. The van der Waals surface area contributed by atoms with Crippen molar-refractivity contribution in [3.05, 3.63) is 29.8 Å². The van der Waals surface area contributed by atoms with Crippen LogP contribution in [0.5, 0.6) is 11.5 Å². The summed E-state index contributed by atoms with van der Waals surface area (Å²) in [6.07, 6.45) is 3.47. The summed E-state index contributed by atoms with van der Waals surface area (Å²) < 4.78 is 10.5. The van der Waals surface area contributed by atoms with Crippen LogP contribution in [-0.4, -0.2) is 71.1 Å². The molecular formula is C18H28N2O3. The summed E-state index contributed by atoms with van der Waals surface area (Å²) in [6, 6.07) is 5.59. The van der Waals surface area contributed by atoms with Gasteiger partial charge in [0.05, 0.1) is 14.2 Å². The fourth-order valence-corrected chi connectivity index (χ4v) is 2.39. The second kappa shape index (κ2) is 9.33. The van der Waals surface area contributed by atoms with Gasteiger partial charge in [0.15, 0.2) is 17.3 Å².